The predicted molar refractivity (Wildman–Crippen MR) is 68.2 cm³/mol. The molecule has 2 aliphatic rings. The van der Waals surface area contributed by atoms with E-state index in [9.17, 15) is 9.59 Å². The number of ether oxygens (including phenoxy) is 1. The van der Waals surface area contributed by atoms with Crippen molar-refractivity contribution in [3.8, 4) is 0 Å². The molecule has 1 amide bonds. The van der Waals surface area contributed by atoms with Gasteiger partial charge in [0.2, 0.25) is 0 Å². The van der Waals surface area contributed by atoms with Gasteiger partial charge < -0.3 is 4.74 Å². The smallest absolute Gasteiger partial charge is 0.410 e. The summed E-state index contributed by atoms with van der Waals surface area (Å²) in [7, 11) is 0. The predicted octanol–water partition coefficient (Wildman–Crippen LogP) is 2.45. The number of hydrogen-bond acceptors (Lipinski definition) is 3. The molecule has 1 saturated heterocycles. The summed E-state index contributed by atoms with van der Waals surface area (Å²) in [6, 6.07) is -0.284. The van der Waals surface area contributed by atoms with E-state index in [0.717, 1.165) is 18.4 Å². The van der Waals surface area contributed by atoms with Crippen molar-refractivity contribution >= 4 is 11.9 Å². The van der Waals surface area contributed by atoms with Crippen LogP contribution >= 0.6 is 0 Å². The maximum Gasteiger partial charge on any atom is 0.410 e. The Kier molecular flexibility index (Phi) is 4.18. The van der Waals surface area contributed by atoms with E-state index in [-0.39, 0.29) is 17.9 Å². The Morgan fingerprint density at radius 1 is 1.50 bits per heavy atom. The Morgan fingerprint density at radius 3 is 3.00 bits per heavy atom. The molecule has 1 heterocycles. The van der Waals surface area contributed by atoms with Gasteiger partial charge in [0.1, 0.15) is 6.61 Å². The van der Waals surface area contributed by atoms with Crippen LogP contribution in [0.3, 0.4) is 0 Å². The van der Waals surface area contributed by atoms with Crippen LogP contribution in [0, 0.1) is 0 Å². The lowest BCUT2D eigenvalue weighted by Crippen LogP contribution is -2.38. The highest BCUT2D eigenvalue weighted by atomic mass is 16.6. The molecular weight excluding hydrogens is 230 g/mol. The minimum atomic E-state index is -0.368. The number of ketones is 1. The Balaban J connectivity index is 1.86. The molecule has 18 heavy (non-hydrogen) atoms. The summed E-state index contributed by atoms with van der Waals surface area (Å²) in [4.78, 5) is 25.0. The van der Waals surface area contributed by atoms with Crippen molar-refractivity contribution in [3.63, 3.8) is 0 Å². The topological polar surface area (TPSA) is 46.6 Å². The highest BCUT2D eigenvalue weighted by molar-refractivity contribution is 5.90. The maximum absolute atomic E-state index is 11.9. The van der Waals surface area contributed by atoms with E-state index >= 15 is 0 Å². The summed E-state index contributed by atoms with van der Waals surface area (Å²) in [6.45, 7) is 2.71. The van der Waals surface area contributed by atoms with E-state index in [4.69, 9.17) is 4.74 Å². The summed E-state index contributed by atoms with van der Waals surface area (Å²) in [6.07, 6.45) is 8.96. The van der Waals surface area contributed by atoms with Gasteiger partial charge in [0.05, 0.1) is 6.04 Å². The van der Waals surface area contributed by atoms with Gasteiger partial charge in [-0.2, -0.15) is 0 Å². The van der Waals surface area contributed by atoms with Crippen molar-refractivity contribution in [2.24, 2.45) is 0 Å². The van der Waals surface area contributed by atoms with Crippen molar-refractivity contribution in [3.05, 3.63) is 23.8 Å². The van der Waals surface area contributed by atoms with Crippen LogP contribution in [-0.4, -0.2) is 36.0 Å². The van der Waals surface area contributed by atoms with Gasteiger partial charge in [-0.05, 0) is 24.8 Å². The number of nitrogens with zero attached hydrogens (tertiary/aromatic N) is 1. The number of carbonyl (C=O) groups is 2. The number of hydrogen-bond donors (Lipinski definition) is 0. The first-order valence-corrected chi connectivity index (χ1v) is 6.54. The van der Waals surface area contributed by atoms with Gasteiger partial charge in [0, 0.05) is 13.0 Å². The third-order valence-corrected chi connectivity index (χ3v) is 3.40. The van der Waals surface area contributed by atoms with Crippen LogP contribution in [0.4, 0.5) is 4.79 Å². The van der Waals surface area contributed by atoms with Gasteiger partial charge in [-0.15, -0.1) is 0 Å². The molecule has 0 aromatic rings. The van der Waals surface area contributed by atoms with Gasteiger partial charge >= 0.3 is 6.09 Å². The van der Waals surface area contributed by atoms with E-state index in [1.54, 1.807) is 4.90 Å². The lowest BCUT2D eigenvalue weighted by Gasteiger charge is -2.22. The van der Waals surface area contributed by atoms with E-state index < -0.39 is 0 Å². The molecule has 4 heteroatoms. The highest BCUT2D eigenvalue weighted by Crippen LogP contribution is 2.18. The number of likely N-dealkylation sites (tertiary alicyclic amines) is 1. The first-order chi connectivity index (χ1) is 8.72. The molecule has 4 nitrogen and oxygen atoms in total. The van der Waals surface area contributed by atoms with Crippen LogP contribution < -0.4 is 0 Å². The van der Waals surface area contributed by atoms with Crippen LogP contribution in [0.25, 0.3) is 0 Å². The molecule has 2 rings (SSSR count). The Morgan fingerprint density at radius 2 is 2.33 bits per heavy atom. The molecule has 0 saturated carbocycles. The van der Waals surface area contributed by atoms with Gasteiger partial charge in [-0.1, -0.05) is 25.2 Å². The quantitative estimate of drug-likeness (QED) is 0.771. The molecule has 0 radical (unpaired) electrons. The first-order valence-electron chi connectivity index (χ1n) is 6.54. The number of Topliss-reactive ketones (excluding diaryl/α,β-unsaturated/α-hetero) is 1. The normalized spacial score (nSPS) is 23.2. The van der Waals surface area contributed by atoms with Crippen LogP contribution in [0.15, 0.2) is 23.8 Å². The molecule has 0 N–H and O–H groups in total. The second-order valence-electron chi connectivity index (χ2n) is 4.65. The molecule has 1 atom stereocenters. The monoisotopic (exact) mass is 249 g/mol. The van der Waals surface area contributed by atoms with E-state index in [0.29, 0.717) is 26.0 Å². The Hall–Kier alpha value is -1.58. The average molecular weight is 249 g/mol. The van der Waals surface area contributed by atoms with Crippen LogP contribution in [0.2, 0.25) is 0 Å². The highest BCUT2D eigenvalue weighted by Gasteiger charge is 2.35. The second kappa shape index (κ2) is 5.85. The molecule has 1 aliphatic heterocycles. The van der Waals surface area contributed by atoms with Crippen LogP contribution in [0.5, 0.6) is 0 Å². The van der Waals surface area contributed by atoms with E-state index in [2.05, 4.69) is 12.2 Å². The van der Waals surface area contributed by atoms with E-state index in [1.807, 2.05) is 13.0 Å². The van der Waals surface area contributed by atoms with Gasteiger partial charge in [0.25, 0.3) is 0 Å². The summed E-state index contributed by atoms with van der Waals surface area (Å²) >= 11 is 0. The molecule has 0 aromatic carbocycles. The zero-order valence-electron chi connectivity index (χ0n) is 10.7. The van der Waals surface area contributed by atoms with Crippen molar-refractivity contribution in [2.75, 3.05) is 13.2 Å². The van der Waals surface area contributed by atoms with Crippen LogP contribution in [0.1, 0.15) is 32.6 Å². The standard InChI is InChI=1S/C14H19NO3/c1-2-12-13(16)8-9-15(12)14(17)18-10-11-6-4-3-5-7-11/h4,6-7,12H,2-3,5,8-10H2,1H3/t12-/m0/s1. The maximum atomic E-state index is 11.9. The third kappa shape index (κ3) is 2.81. The van der Waals surface area contributed by atoms with Gasteiger partial charge in [-0.25, -0.2) is 4.79 Å². The van der Waals surface area contributed by atoms with Gasteiger partial charge in [-0.3, -0.25) is 9.69 Å². The molecule has 1 fully saturated rings. The minimum Gasteiger partial charge on any atom is -0.445 e. The lowest BCUT2D eigenvalue weighted by atomic mass is 10.1. The van der Waals surface area contributed by atoms with E-state index in [1.165, 1.54) is 0 Å². The zero-order chi connectivity index (χ0) is 13.0. The molecule has 1 aliphatic carbocycles. The fourth-order valence-electron chi connectivity index (χ4n) is 2.40. The van der Waals surface area contributed by atoms with Crippen LogP contribution in [-0.2, 0) is 9.53 Å². The number of carbonyl (C=O) groups excluding carboxylic acids is 2. The largest absolute Gasteiger partial charge is 0.445 e. The molecule has 0 unspecified atom stereocenters. The number of amides is 1. The summed E-state index contributed by atoms with van der Waals surface area (Å²) in [5.41, 5.74) is 1.04. The van der Waals surface area contributed by atoms with Crippen molar-refractivity contribution in [1.82, 2.24) is 4.90 Å². The Labute approximate surface area is 107 Å². The molecule has 0 aromatic heterocycles. The summed E-state index contributed by atoms with van der Waals surface area (Å²) in [5.74, 6) is 0.145. The molecule has 0 bridgehead atoms. The van der Waals surface area contributed by atoms with Gasteiger partial charge in [0.15, 0.2) is 5.78 Å². The van der Waals surface area contributed by atoms with Crippen molar-refractivity contribution in [2.45, 2.75) is 38.6 Å². The molecule has 0 spiro atoms. The molecule has 98 valence electrons. The summed E-state index contributed by atoms with van der Waals surface area (Å²) < 4.78 is 5.26. The average Bonchev–Trinajstić information content (AvgIpc) is 2.78. The molecular formula is C14H19NO3. The fraction of sp³-hybridized carbons (Fsp3) is 0.571. The lowest BCUT2D eigenvalue weighted by molar-refractivity contribution is -0.119. The number of rotatable bonds is 3. The first kappa shape index (κ1) is 12.9. The fourth-order valence-corrected chi connectivity index (χ4v) is 2.40. The van der Waals surface area contributed by atoms with Crippen molar-refractivity contribution in [1.29, 1.82) is 0 Å². The summed E-state index contributed by atoms with van der Waals surface area (Å²) in [5, 5.41) is 0. The third-order valence-electron chi connectivity index (χ3n) is 3.40. The minimum absolute atomic E-state index is 0.145. The zero-order valence-corrected chi connectivity index (χ0v) is 10.7. The second-order valence-corrected chi connectivity index (χ2v) is 4.65. The number of allylic oxidation sites excluding steroid dienone is 2. The van der Waals surface area contributed by atoms with Crippen molar-refractivity contribution < 1.29 is 14.3 Å². The Bertz CT molecular complexity index is 398. The SMILES string of the molecule is CC[C@H]1C(=O)CCN1C(=O)OCC1=CCCC=C1.